The second kappa shape index (κ2) is 7.02. The lowest BCUT2D eigenvalue weighted by Crippen LogP contribution is -2.45. The summed E-state index contributed by atoms with van der Waals surface area (Å²) in [6.07, 6.45) is 9.77. The number of nitrogens with two attached hydrogens (primary N) is 1. The van der Waals surface area contributed by atoms with Crippen LogP contribution >= 0.6 is 0 Å². The summed E-state index contributed by atoms with van der Waals surface area (Å²) in [7, 11) is 0. The van der Waals surface area contributed by atoms with Crippen molar-refractivity contribution in [3.63, 3.8) is 0 Å². The summed E-state index contributed by atoms with van der Waals surface area (Å²) < 4.78 is 0. The molecule has 1 rings (SSSR count). The molecule has 2 atom stereocenters. The molecule has 1 saturated carbocycles. The Balaban J connectivity index is 2.73. The monoisotopic (exact) mass is 252 g/mol. The van der Waals surface area contributed by atoms with Gasteiger partial charge in [-0.2, -0.15) is 0 Å². The summed E-state index contributed by atoms with van der Waals surface area (Å²) in [5.41, 5.74) is 6.00. The van der Waals surface area contributed by atoms with Gasteiger partial charge in [-0.1, -0.05) is 25.2 Å². The Hall–Kier alpha value is -1.54. The van der Waals surface area contributed by atoms with Crippen LogP contribution in [0.4, 0.5) is 0 Å². The lowest BCUT2D eigenvalue weighted by Gasteiger charge is -2.27. The number of carboxylic acid groups (broad SMARTS) is 1. The molecule has 0 saturated heterocycles. The highest BCUT2D eigenvalue weighted by atomic mass is 16.4. The minimum Gasteiger partial charge on any atom is -0.480 e. The molecule has 1 fully saturated rings. The third-order valence-electron chi connectivity index (χ3n) is 3.31. The zero-order chi connectivity index (χ0) is 13.5. The fourth-order valence-electron chi connectivity index (χ4n) is 2.36. The molecular weight excluding hydrogens is 232 g/mol. The average Bonchev–Trinajstić information content (AvgIpc) is 2.52. The molecule has 5 nitrogen and oxygen atoms in total. The molecule has 0 heterocycles. The molecule has 0 spiro atoms. The minimum absolute atomic E-state index is 0.0222. The van der Waals surface area contributed by atoms with E-state index in [4.69, 9.17) is 17.3 Å². The van der Waals surface area contributed by atoms with Crippen molar-refractivity contribution in [2.45, 2.75) is 38.1 Å². The van der Waals surface area contributed by atoms with Gasteiger partial charge < -0.3 is 15.7 Å². The standard InChI is InChI=1S/C13H20N2O3/c1-2-8-15(9-12(16)17)13(18)10-6-4-3-5-7-11(10)14/h1,10-11H,3-9,14H2,(H,16,17). The molecular formula is C13H20N2O3. The third-order valence-corrected chi connectivity index (χ3v) is 3.31. The van der Waals surface area contributed by atoms with Crippen LogP contribution in [0.15, 0.2) is 0 Å². The van der Waals surface area contributed by atoms with Crippen molar-refractivity contribution in [1.82, 2.24) is 4.90 Å². The molecule has 3 N–H and O–H groups in total. The number of carbonyl (C=O) groups is 2. The molecule has 0 radical (unpaired) electrons. The maximum Gasteiger partial charge on any atom is 0.323 e. The van der Waals surface area contributed by atoms with Crippen molar-refractivity contribution in [3.8, 4) is 12.3 Å². The largest absolute Gasteiger partial charge is 0.480 e. The number of aliphatic carboxylic acids is 1. The number of carbonyl (C=O) groups excluding carboxylic acids is 1. The van der Waals surface area contributed by atoms with E-state index < -0.39 is 5.97 Å². The average molecular weight is 252 g/mol. The van der Waals surface area contributed by atoms with Crippen LogP contribution < -0.4 is 5.73 Å². The Bertz CT molecular complexity index is 349. The first-order chi connectivity index (χ1) is 8.56. The SMILES string of the molecule is C#CCN(CC(=O)O)C(=O)C1CCCCCC1N. The predicted octanol–water partition coefficient (Wildman–Crippen LogP) is 0.440. The minimum atomic E-state index is -1.05. The van der Waals surface area contributed by atoms with E-state index in [1.54, 1.807) is 0 Å². The number of rotatable bonds is 4. The molecule has 5 heteroatoms. The van der Waals surface area contributed by atoms with Gasteiger partial charge >= 0.3 is 5.97 Å². The highest BCUT2D eigenvalue weighted by Gasteiger charge is 2.31. The van der Waals surface area contributed by atoms with Crippen LogP contribution in [0.1, 0.15) is 32.1 Å². The molecule has 0 aromatic rings. The van der Waals surface area contributed by atoms with Crippen molar-refractivity contribution in [3.05, 3.63) is 0 Å². The first kappa shape index (κ1) is 14.5. The van der Waals surface area contributed by atoms with Crippen LogP contribution in [0.3, 0.4) is 0 Å². The van der Waals surface area contributed by atoms with E-state index in [0.717, 1.165) is 32.1 Å². The van der Waals surface area contributed by atoms with Crippen molar-refractivity contribution >= 4 is 11.9 Å². The van der Waals surface area contributed by atoms with E-state index in [9.17, 15) is 9.59 Å². The topological polar surface area (TPSA) is 83.6 Å². The number of amides is 1. The maximum absolute atomic E-state index is 12.3. The molecule has 1 aliphatic rings. The van der Waals surface area contributed by atoms with Gasteiger partial charge in [0, 0.05) is 6.04 Å². The van der Waals surface area contributed by atoms with Crippen LogP contribution in [0, 0.1) is 18.3 Å². The fourth-order valence-corrected chi connectivity index (χ4v) is 2.36. The molecule has 100 valence electrons. The van der Waals surface area contributed by atoms with E-state index in [1.807, 2.05) is 0 Å². The summed E-state index contributed by atoms with van der Waals surface area (Å²) in [6, 6.07) is -0.186. The molecule has 1 aliphatic carbocycles. The summed E-state index contributed by atoms with van der Waals surface area (Å²) in [4.78, 5) is 24.2. The zero-order valence-electron chi connectivity index (χ0n) is 10.5. The molecule has 0 bridgehead atoms. The number of carboxylic acids is 1. The van der Waals surface area contributed by atoms with Gasteiger partial charge in [0.15, 0.2) is 0 Å². The zero-order valence-corrected chi connectivity index (χ0v) is 10.5. The van der Waals surface area contributed by atoms with Crippen LogP contribution in [-0.2, 0) is 9.59 Å². The quantitative estimate of drug-likeness (QED) is 0.562. The molecule has 1 amide bonds. The molecule has 0 aliphatic heterocycles. The Morgan fingerprint density at radius 1 is 1.33 bits per heavy atom. The molecule has 0 aromatic carbocycles. The first-order valence-electron chi connectivity index (χ1n) is 6.26. The van der Waals surface area contributed by atoms with Gasteiger partial charge in [-0.3, -0.25) is 9.59 Å². The van der Waals surface area contributed by atoms with E-state index >= 15 is 0 Å². The van der Waals surface area contributed by atoms with E-state index in [-0.39, 0.29) is 31.0 Å². The van der Waals surface area contributed by atoms with Gasteiger partial charge in [0.25, 0.3) is 0 Å². The Kier molecular flexibility index (Phi) is 5.66. The normalized spacial score (nSPS) is 23.8. The first-order valence-corrected chi connectivity index (χ1v) is 6.26. The molecule has 0 aromatic heterocycles. The second-order valence-electron chi connectivity index (χ2n) is 4.70. The fraction of sp³-hybridized carbons (Fsp3) is 0.692. The summed E-state index contributed by atoms with van der Waals surface area (Å²) in [5.74, 6) is 0.760. The Labute approximate surface area is 107 Å². The van der Waals surface area contributed by atoms with Gasteiger partial charge in [-0.25, -0.2) is 0 Å². The van der Waals surface area contributed by atoms with Crippen LogP contribution in [0.2, 0.25) is 0 Å². The Morgan fingerprint density at radius 2 is 2.00 bits per heavy atom. The van der Waals surface area contributed by atoms with E-state index in [1.165, 1.54) is 4.90 Å². The number of nitrogens with zero attached hydrogens (tertiary/aromatic N) is 1. The van der Waals surface area contributed by atoms with Crippen molar-refractivity contribution < 1.29 is 14.7 Å². The van der Waals surface area contributed by atoms with Gasteiger partial charge in [-0.15, -0.1) is 6.42 Å². The van der Waals surface area contributed by atoms with Gasteiger partial charge in [0.1, 0.15) is 6.54 Å². The van der Waals surface area contributed by atoms with Crippen LogP contribution in [0.25, 0.3) is 0 Å². The third kappa shape index (κ3) is 4.04. The highest BCUT2D eigenvalue weighted by molar-refractivity contribution is 5.83. The summed E-state index contributed by atoms with van der Waals surface area (Å²) >= 11 is 0. The van der Waals surface area contributed by atoms with Crippen molar-refractivity contribution in [2.75, 3.05) is 13.1 Å². The molecule has 18 heavy (non-hydrogen) atoms. The van der Waals surface area contributed by atoms with E-state index in [0.29, 0.717) is 0 Å². The summed E-state index contributed by atoms with van der Waals surface area (Å²) in [6.45, 7) is -0.333. The summed E-state index contributed by atoms with van der Waals surface area (Å²) in [5, 5.41) is 8.79. The lowest BCUT2D eigenvalue weighted by molar-refractivity contribution is -0.146. The predicted molar refractivity (Wildman–Crippen MR) is 67.6 cm³/mol. The Morgan fingerprint density at radius 3 is 2.61 bits per heavy atom. The number of hydrogen-bond acceptors (Lipinski definition) is 3. The lowest BCUT2D eigenvalue weighted by atomic mass is 9.94. The molecule has 2 unspecified atom stereocenters. The maximum atomic E-state index is 12.3. The van der Waals surface area contributed by atoms with Crippen LogP contribution in [0.5, 0.6) is 0 Å². The van der Waals surface area contributed by atoms with Gasteiger partial charge in [0.2, 0.25) is 5.91 Å². The number of hydrogen-bond donors (Lipinski definition) is 2. The second-order valence-corrected chi connectivity index (χ2v) is 4.70. The van der Waals surface area contributed by atoms with E-state index in [2.05, 4.69) is 5.92 Å². The van der Waals surface area contributed by atoms with Crippen molar-refractivity contribution in [2.24, 2.45) is 11.7 Å². The van der Waals surface area contributed by atoms with Gasteiger partial charge in [0.05, 0.1) is 12.5 Å². The van der Waals surface area contributed by atoms with Crippen molar-refractivity contribution in [1.29, 1.82) is 0 Å². The van der Waals surface area contributed by atoms with Crippen LogP contribution in [-0.4, -0.2) is 41.0 Å². The van der Waals surface area contributed by atoms with Gasteiger partial charge in [-0.05, 0) is 12.8 Å². The number of terminal acetylenes is 1. The smallest absolute Gasteiger partial charge is 0.323 e. The highest BCUT2D eigenvalue weighted by Crippen LogP contribution is 2.23.